The number of hydrogen-bond donors (Lipinski definition) is 5. The molecule has 1 rings (SSSR count). The van der Waals surface area contributed by atoms with Crippen LogP contribution in [-0.2, 0) is 0 Å². The second kappa shape index (κ2) is 3.06. The Balaban J connectivity index is 2.46. The highest BCUT2D eigenvalue weighted by Crippen LogP contribution is 1.94. The first-order chi connectivity index (χ1) is 4.86. The Morgan fingerprint density at radius 2 is 2.30 bits per heavy atom. The van der Waals surface area contributed by atoms with E-state index in [1.807, 2.05) is 0 Å². The molecule has 0 spiro atoms. The lowest BCUT2D eigenvalue weighted by Gasteiger charge is -2.21. The summed E-state index contributed by atoms with van der Waals surface area (Å²) < 4.78 is 0. The summed E-state index contributed by atoms with van der Waals surface area (Å²) in [5.41, 5.74) is 8.40. The SMILES string of the molecule is NNC1=CNN(NN)C=C1. The standard InChI is InChI=1S/C4H10N6/c5-8-4-1-2-10(9-6)7-3-4/h1-3,7-9H,5-6H2. The summed E-state index contributed by atoms with van der Waals surface area (Å²) in [5.74, 6) is 10.2. The lowest BCUT2D eigenvalue weighted by molar-refractivity contribution is 0.217. The maximum Gasteiger partial charge on any atom is 0.0677 e. The first kappa shape index (κ1) is 6.87. The largest absolute Gasteiger partial charge is 0.323 e. The summed E-state index contributed by atoms with van der Waals surface area (Å²) in [7, 11) is 0. The molecule has 1 aliphatic heterocycles. The quantitative estimate of drug-likeness (QED) is 0.226. The average Bonchev–Trinajstić information content (AvgIpc) is 2.05. The maximum absolute atomic E-state index is 5.11. The van der Waals surface area contributed by atoms with Gasteiger partial charge in [0.15, 0.2) is 0 Å². The van der Waals surface area contributed by atoms with E-state index < -0.39 is 0 Å². The van der Waals surface area contributed by atoms with Crippen molar-refractivity contribution in [3.63, 3.8) is 0 Å². The van der Waals surface area contributed by atoms with Gasteiger partial charge in [-0.1, -0.05) is 0 Å². The third-order valence-corrected chi connectivity index (χ3v) is 1.07. The minimum absolute atomic E-state index is 0.784. The molecular formula is C4H10N6. The maximum atomic E-state index is 5.11. The van der Waals surface area contributed by atoms with Crippen LogP contribution in [0.4, 0.5) is 0 Å². The van der Waals surface area contributed by atoms with Crippen molar-refractivity contribution in [2.75, 3.05) is 0 Å². The second-order valence-corrected chi connectivity index (χ2v) is 1.69. The Kier molecular flexibility index (Phi) is 2.11. The average molecular weight is 142 g/mol. The number of allylic oxidation sites excluding steroid dienone is 1. The molecule has 1 aliphatic rings. The topological polar surface area (TPSA) is 91.4 Å². The van der Waals surface area contributed by atoms with Crippen molar-refractivity contribution in [1.82, 2.24) is 21.5 Å². The molecule has 0 aromatic rings. The molecule has 0 unspecified atom stereocenters. The first-order valence-electron chi connectivity index (χ1n) is 2.73. The molecule has 1 heterocycles. The van der Waals surface area contributed by atoms with Gasteiger partial charge in [0.05, 0.1) is 5.70 Å². The number of hydrazine groups is 4. The zero-order chi connectivity index (χ0) is 7.40. The molecule has 0 saturated heterocycles. The molecule has 0 bridgehead atoms. The van der Waals surface area contributed by atoms with Crippen LogP contribution in [0.3, 0.4) is 0 Å². The smallest absolute Gasteiger partial charge is 0.0677 e. The third kappa shape index (κ3) is 1.38. The van der Waals surface area contributed by atoms with E-state index in [1.54, 1.807) is 18.5 Å². The van der Waals surface area contributed by atoms with Gasteiger partial charge in [-0.3, -0.25) is 17.1 Å². The molecule has 10 heavy (non-hydrogen) atoms. The lowest BCUT2D eigenvalue weighted by atomic mass is 10.4. The van der Waals surface area contributed by atoms with Crippen LogP contribution in [-0.4, -0.2) is 5.12 Å². The fourth-order valence-electron chi connectivity index (χ4n) is 0.555. The van der Waals surface area contributed by atoms with Crippen molar-refractivity contribution < 1.29 is 0 Å². The molecular weight excluding hydrogens is 132 g/mol. The van der Waals surface area contributed by atoms with Gasteiger partial charge in [-0.15, -0.1) is 0 Å². The van der Waals surface area contributed by atoms with E-state index >= 15 is 0 Å². The number of rotatable bonds is 2. The molecule has 0 atom stereocenters. The highest BCUT2D eigenvalue weighted by atomic mass is 15.8. The van der Waals surface area contributed by atoms with Crippen LogP contribution in [0.15, 0.2) is 24.2 Å². The molecule has 6 nitrogen and oxygen atoms in total. The second-order valence-electron chi connectivity index (χ2n) is 1.69. The number of nitrogens with zero attached hydrogens (tertiary/aromatic N) is 1. The van der Waals surface area contributed by atoms with Gasteiger partial charge >= 0.3 is 0 Å². The van der Waals surface area contributed by atoms with Crippen molar-refractivity contribution >= 4 is 0 Å². The molecule has 56 valence electrons. The predicted molar refractivity (Wildman–Crippen MR) is 36.8 cm³/mol. The fraction of sp³-hybridized carbons (Fsp3) is 0. The molecule has 0 aromatic heterocycles. The Bertz CT molecular complexity index is 161. The molecule has 0 aliphatic carbocycles. The number of hydrogen-bond acceptors (Lipinski definition) is 6. The van der Waals surface area contributed by atoms with E-state index in [9.17, 15) is 0 Å². The number of nitrogens with two attached hydrogens (primary N) is 2. The number of nitrogens with one attached hydrogen (secondary N) is 3. The molecule has 0 amide bonds. The predicted octanol–water partition coefficient (Wildman–Crippen LogP) is -2.00. The van der Waals surface area contributed by atoms with Crippen molar-refractivity contribution in [2.24, 2.45) is 11.7 Å². The van der Waals surface area contributed by atoms with E-state index in [4.69, 9.17) is 11.7 Å². The van der Waals surface area contributed by atoms with Crippen molar-refractivity contribution in [3.8, 4) is 0 Å². The van der Waals surface area contributed by atoms with E-state index in [0.29, 0.717) is 0 Å². The zero-order valence-corrected chi connectivity index (χ0v) is 5.33. The van der Waals surface area contributed by atoms with Crippen molar-refractivity contribution in [1.29, 1.82) is 0 Å². The van der Waals surface area contributed by atoms with Crippen LogP contribution in [0, 0.1) is 0 Å². The summed E-state index contributed by atoms with van der Waals surface area (Å²) >= 11 is 0. The van der Waals surface area contributed by atoms with Crippen LogP contribution in [0.1, 0.15) is 0 Å². The molecule has 0 aromatic carbocycles. The van der Waals surface area contributed by atoms with Gasteiger partial charge in [-0.05, 0) is 6.08 Å². The Morgan fingerprint density at radius 1 is 1.50 bits per heavy atom. The third-order valence-electron chi connectivity index (χ3n) is 1.07. The summed E-state index contributed by atoms with van der Waals surface area (Å²) in [5, 5.41) is 1.47. The van der Waals surface area contributed by atoms with Crippen LogP contribution in [0.25, 0.3) is 0 Å². The highest BCUT2D eigenvalue weighted by Gasteiger charge is 1.97. The van der Waals surface area contributed by atoms with Gasteiger partial charge in [0.1, 0.15) is 0 Å². The molecule has 7 N–H and O–H groups in total. The van der Waals surface area contributed by atoms with Crippen LogP contribution >= 0.6 is 0 Å². The van der Waals surface area contributed by atoms with Gasteiger partial charge in [-0.2, -0.15) is 5.53 Å². The lowest BCUT2D eigenvalue weighted by Crippen LogP contribution is -2.47. The summed E-state index contributed by atoms with van der Waals surface area (Å²) in [6, 6.07) is 0. The molecule has 6 heteroatoms. The van der Waals surface area contributed by atoms with Gasteiger partial charge in [0.2, 0.25) is 0 Å². The summed E-state index contributed by atoms with van der Waals surface area (Å²) in [6.07, 6.45) is 5.12. The summed E-state index contributed by atoms with van der Waals surface area (Å²) in [4.78, 5) is 0. The highest BCUT2D eigenvalue weighted by molar-refractivity contribution is 5.16. The minimum atomic E-state index is 0.784. The Hall–Kier alpha value is -1.24. The van der Waals surface area contributed by atoms with Crippen molar-refractivity contribution in [2.45, 2.75) is 0 Å². The Labute approximate surface area is 58.4 Å². The fourth-order valence-corrected chi connectivity index (χ4v) is 0.555. The van der Waals surface area contributed by atoms with Crippen LogP contribution in [0.5, 0.6) is 0 Å². The first-order valence-corrected chi connectivity index (χ1v) is 2.73. The van der Waals surface area contributed by atoms with Gasteiger partial charge < -0.3 is 5.43 Å². The monoisotopic (exact) mass is 142 g/mol. The molecule has 0 fully saturated rings. The molecule has 0 radical (unpaired) electrons. The molecule has 0 saturated carbocycles. The van der Waals surface area contributed by atoms with Crippen LogP contribution in [0.2, 0.25) is 0 Å². The van der Waals surface area contributed by atoms with Gasteiger partial charge in [0, 0.05) is 12.4 Å². The van der Waals surface area contributed by atoms with Gasteiger partial charge in [0.25, 0.3) is 0 Å². The minimum Gasteiger partial charge on any atom is -0.323 e. The summed E-state index contributed by atoms with van der Waals surface area (Å²) in [6.45, 7) is 0. The van der Waals surface area contributed by atoms with E-state index in [-0.39, 0.29) is 0 Å². The normalized spacial score (nSPS) is 16.2. The van der Waals surface area contributed by atoms with Crippen molar-refractivity contribution in [3.05, 3.63) is 24.2 Å². The van der Waals surface area contributed by atoms with Crippen LogP contribution < -0.4 is 28.1 Å². The zero-order valence-electron chi connectivity index (χ0n) is 5.33. The van der Waals surface area contributed by atoms with Gasteiger partial charge in [-0.25, -0.2) is 5.12 Å². The Morgan fingerprint density at radius 3 is 2.70 bits per heavy atom. The van der Waals surface area contributed by atoms with E-state index in [0.717, 1.165) is 5.70 Å². The van der Waals surface area contributed by atoms with E-state index in [1.165, 1.54) is 5.12 Å². The van der Waals surface area contributed by atoms with E-state index in [2.05, 4.69) is 16.4 Å².